The first-order valence-corrected chi connectivity index (χ1v) is 11.1. The van der Waals surface area contributed by atoms with E-state index in [0.29, 0.717) is 16.1 Å². The summed E-state index contributed by atoms with van der Waals surface area (Å²) in [4.78, 5) is 25.8. The predicted octanol–water partition coefficient (Wildman–Crippen LogP) is 7.04. The minimum Gasteiger partial charge on any atom is -0.325 e. The Morgan fingerprint density at radius 3 is 2.39 bits per heavy atom. The molecule has 0 aromatic heterocycles. The summed E-state index contributed by atoms with van der Waals surface area (Å²) in [5, 5.41) is 4.37. The second-order valence-corrected chi connectivity index (χ2v) is 9.08. The molecule has 0 heterocycles. The van der Waals surface area contributed by atoms with Crippen LogP contribution >= 0.6 is 23.4 Å². The lowest BCUT2D eigenvalue weighted by atomic mass is 10.1. The number of halogens is 4. The van der Waals surface area contributed by atoms with Gasteiger partial charge in [0.25, 0.3) is 5.91 Å². The highest BCUT2D eigenvalue weighted by Gasteiger charge is 2.34. The fraction of sp³-hybridized carbons (Fsp3) is 0.167. The predicted molar refractivity (Wildman–Crippen MR) is 126 cm³/mol. The molecule has 0 fully saturated rings. The lowest BCUT2D eigenvalue weighted by Crippen LogP contribution is -2.24. The Labute approximate surface area is 198 Å². The van der Waals surface area contributed by atoms with Gasteiger partial charge in [-0.15, -0.1) is 11.8 Å². The first kappa shape index (κ1) is 24.7. The van der Waals surface area contributed by atoms with Crippen LogP contribution in [0.25, 0.3) is 0 Å². The zero-order chi connectivity index (χ0) is 24.2. The van der Waals surface area contributed by atoms with Crippen LogP contribution in [0.1, 0.15) is 28.4 Å². The zero-order valence-corrected chi connectivity index (χ0v) is 19.2. The van der Waals surface area contributed by atoms with Gasteiger partial charge in [0.15, 0.2) is 0 Å². The van der Waals surface area contributed by atoms with E-state index < -0.39 is 22.9 Å². The average molecular weight is 493 g/mol. The summed E-state index contributed by atoms with van der Waals surface area (Å²) in [5.41, 5.74) is 0.556. The Morgan fingerprint density at radius 2 is 1.70 bits per heavy atom. The maximum Gasteiger partial charge on any atom is 0.418 e. The number of hydrogen-bond donors (Lipinski definition) is 2. The second kappa shape index (κ2) is 10.3. The van der Waals surface area contributed by atoms with E-state index in [1.54, 1.807) is 43.3 Å². The summed E-state index contributed by atoms with van der Waals surface area (Å²) in [7, 11) is 0. The van der Waals surface area contributed by atoms with Crippen LogP contribution in [-0.2, 0) is 11.0 Å². The van der Waals surface area contributed by atoms with E-state index in [1.165, 1.54) is 6.07 Å². The SMILES string of the molecule is Cc1ccccc1C(=O)Nc1cccc(SC(C)C(=O)Nc2ccc(Cl)cc2C(F)(F)F)c1. The molecule has 33 heavy (non-hydrogen) atoms. The Bertz CT molecular complexity index is 1180. The summed E-state index contributed by atoms with van der Waals surface area (Å²) in [6, 6.07) is 17.3. The first-order chi connectivity index (χ1) is 15.5. The van der Waals surface area contributed by atoms with E-state index in [0.717, 1.165) is 29.5 Å². The van der Waals surface area contributed by atoms with Gasteiger partial charge in [0.1, 0.15) is 0 Å². The van der Waals surface area contributed by atoms with E-state index in [4.69, 9.17) is 11.6 Å². The van der Waals surface area contributed by atoms with Gasteiger partial charge in [0.2, 0.25) is 5.91 Å². The fourth-order valence-corrected chi connectivity index (χ4v) is 4.12. The molecular weight excluding hydrogens is 473 g/mol. The van der Waals surface area contributed by atoms with Crippen molar-refractivity contribution >= 4 is 46.6 Å². The van der Waals surface area contributed by atoms with Crippen molar-refractivity contribution in [2.45, 2.75) is 30.2 Å². The van der Waals surface area contributed by atoms with Gasteiger partial charge in [0.05, 0.1) is 16.5 Å². The lowest BCUT2D eigenvalue weighted by molar-refractivity contribution is -0.137. The molecule has 3 rings (SSSR count). The number of amides is 2. The van der Waals surface area contributed by atoms with Gasteiger partial charge in [-0.2, -0.15) is 13.2 Å². The minimum atomic E-state index is -4.66. The summed E-state index contributed by atoms with van der Waals surface area (Å²) in [6.07, 6.45) is -4.66. The van der Waals surface area contributed by atoms with Crippen molar-refractivity contribution in [3.05, 3.63) is 88.4 Å². The summed E-state index contributed by atoms with van der Waals surface area (Å²) in [5.74, 6) is -0.856. The highest BCUT2D eigenvalue weighted by atomic mass is 35.5. The Kier molecular flexibility index (Phi) is 7.71. The van der Waals surface area contributed by atoms with E-state index in [2.05, 4.69) is 10.6 Å². The van der Waals surface area contributed by atoms with Gasteiger partial charge < -0.3 is 10.6 Å². The molecular formula is C24H20ClF3N2O2S. The zero-order valence-electron chi connectivity index (χ0n) is 17.7. The highest BCUT2D eigenvalue weighted by Crippen LogP contribution is 2.37. The average Bonchev–Trinajstić information content (AvgIpc) is 2.74. The molecule has 172 valence electrons. The maximum atomic E-state index is 13.3. The van der Waals surface area contributed by atoms with Crippen molar-refractivity contribution in [2.24, 2.45) is 0 Å². The van der Waals surface area contributed by atoms with Crippen LogP contribution in [0.3, 0.4) is 0 Å². The highest BCUT2D eigenvalue weighted by molar-refractivity contribution is 8.00. The van der Waals surface area contributed by atoms with Crippen LogP contribution in [-0.4, -0.2) is 17.1 Å². The van der Waals surface area contributed by atoms with E-state index in [-0.39, 0.29) is 16.6 Å². The van der Waals surface area contributed by atoms with E-state index in [1.807, 2.05) is 19.1 Å². The second-order valence-electron chi connectivity index (χ2n) is 7.23. The molecule has 4 nitrogen and oxygen atoms in total. The summed E-state index contributed by atoms with van der Waals surface area (Å²) in [6.45, 7) is 3.42. The number of benzene rings is 3. The maximum absolute atomic E-state index is 13.3. The third-order valence-electron chi connectivity index (χ3n) is 4.71. The van der Waals surface area contributed by atoms with Gasteiger partial charge in [-0.1, -0.05) is 35.9 Å². The number of hydrogen-bond acceptors (Lipinski definition) is 3. The number of aryl methyl sites for hydroxylation is 1. The number of carbonyl (C=O) groups is 2. The van der Waals surface area contributed by atoms with Gasteiger partial charge in [-0.25, -0.2) is 0 Å². The topological polar surface area (TPSA) is 58.2 Å². The molecule has 0 aliphatic heterocycles. The van der Waals surface area contributed by atoms with Gasteiger partial charge in [-0.3, -0.25) is 9.59 Å². The Balaban J connectivity index is 1.69. The van der Waals surface area contributed by atoms with Crippen LogP contribution in [0.5, 0.6) is 0 Å². The van der Waals surface area contributed by atoms with Gasteiger partial charge in [0, 0.05) is 21.2 Å². The molecule has 3 aromatic rings. The van der Waals surface area contributed by atoms with E-state index >= 15 is 0 Å². The van der Waals surface area contributed by atoms with Gasteiger partial charge >= 0.3 is 6.18 Å². The van der Waals surface area contributed by atoms with Crippen LogP contribution in [0.2, 0.25) is 5.02 Å². The molecule has 2 N–H and O–H groups in total. The van der Waals surface area contributed by atoms with Crippen molar-refractivity contribution in [1.29, 1.82) is 0 Å². The molecule has 0 aliphatic carbocycles. The van der Waals surface area contributed by atoms with Crippen molar-refractivity contribution in [3.8, 4) is 0 Å². The molecule has 2 amide bonds. The summed E-state index contributed by atoms with van der Waals surface area (Å²) >= 11 is 6.84. The minimum absolute atomic E-state index is 0.0766. The number of rotatable bonds is 6. The van der Waals surface area contributed by atoms with Crippen LogP contribution in [0.4, 0.5) is 24.5 Å². The molecule has 1 unspecified atom stereocenters. The standard InChI is InChI=1S/C24H20ClF3N2O2S/c1-14-6-3-4-9-19(14)23(32)29-17-7-5-8-18(13-17)33-15(2)22(31)30-21-11-10-16(25)12-20(21)24(26,27)28/h3-13,15H,1-2H3,(H,29,32)(H,30,31). The number of anilines is 2. The lowest BCUT2D eigenvalue weighted by Gasteiger charge is -2.17. The first-order valence-electron chi connectivity index (χ1n) is 9.86. The molecule has 0 bridgehead atoms. The number of nitrogens with one attached hydrogen (secondary N) is 2. The quantitative estimate of drug-likeness (QED) is 0.363. The molecule has 0 saturated heterocycles. The molecule has 0 aliphatic rings. The third kappa shape index (κ3) is 6.52. The molecule has 0 radical (unpaired) electrons. The van der Waals surface area contributed by atoms with Crippen LogP contribution in [0, 0.1) is 6.92 Å². The Morgan fingerprint density at radius 1 is 0.970 bits per heavy atom. The molecule has 9 heteroatoms. The van der Waals surface area contributed by atoms with Crippen molar-refractivity contribution < 1.29 is 22.8 Å². The van der Waals surface area contributed by atoms with Crippen molar-refractivity contribution in [2.75, 3.05) is 10.6 Å². The molecule has 0 spiro atoms. The van der Waals surface area contributed by atoms with Crippen LogP contribution in [0.15, 0.2) is 71.6 Å². The third-order valence-corrected chi connectivity index (χ3v) is 6.04. The smallest absolute Gasteiger partial charge is 0.325 e. The summed E-state index contributed by atoms with van der Waals surface area (Å²) < 4.78 is 39.8. The van der Waals surface area contributed by atoms with Crippen molar-refractivity contribution in [1.82, 2.24) is 0 Å². The Hall–Kier alpha value is -2.97. The number of alkyl halides is 3. The number of thioether (sulfide) groups is 1. The molecule has 1 atom stereocenters. The monoisotopic (exact) mass is 492 g/mol. The molecule has 3 aromatic carbocycles. The molecule has 0 saturated carbocycles. The van der Waals surface area contributed by atoms with Gasteiger partial charge in [-0.05, 0) is 61.9 Å². The normalized spacial score (nSPS) is 12.2. The largest absolute Gasteiger partial charge is 0.418 e. The van der Waals surface area contributed by atoms with Crippen molar-refractivity contribution in [3.63, 3.8) is 0 Å². The fourth-order valence-electron chi connectivity index (χ4n) is 3.03. The van der Waals surface area contributed by atoms with Crippen LogP contribution < -0.4 is 10.6 Å². The van der Waals surface area contributed by atoms with E-state index in [9.17, 15) is 22.8 Å². The number of carbonyl (C=O) groups excluding carboxylic acids is 2.